The van der Waals surface area contributed by atoms with Crippen molar-refractivity contribution in [3.8, 4) is 0 Å². The van der Waals surface area contributed by atoms with E-state index < -0.39 is 28.0 Å². The third kappa shape index (κ3) is 5.51. The number of thiophene rings is 1. The van der Waals surface area contributed by atoms with Gasteiger partial charge in [-0.15, -0.1) is 11.3 Å². The molecule has 2 aliphatic heterocycles. The first-order chi connectivity index (χ1) is 17.7. The Morgan fingerprint density at radius 2 is 1.86 bits per heavy atom. The largest absolute Gasteiger partial charge is 0.465 e. The monoisotopic (exact) mass is 549 g/mol. The lowest BCUT2D eigenvalue weighted by atomic mass is 10.0. The van der Waals surface area contributed by atoms with Gasteiger partial charge >= 0.3 is 12.1 Å². The third-order valence-electron chi connectivity index (χ3n) is 6.66. The van der Waals surface area contributed by atoms with E-state index >= 15 is 0 Å². The zero-order valence-electron chi connectivity index (χ0n) is 21.1. The summed E-state index contributed by atoms with van der Waals surface area (Å²) in [4.78, 5) is 40.3. The van der Waals surface area contributed by atoms with Gasteiger partial charge in [0.2, 0.25) is 10.0 Å². The van der Waals surface area contributed by atoms with E-state index in [2.05, 4.69) is 5.32 Å². The smallest absolute Gasteiger partial charge is 0.410 e. The number of hydrogen-bond donors (Lipinski definition) is 1. The first kappa shape index (κ1) is 27.1. The van der Waals surface area contributed by atoms with Gasteiger partial charge in [-0.2, -0.15) is 4.31 Å². The minimum atomic E-state index is -3.65. The van der Waals surface area contributed by atoms with Gasteiger partial charge in [-0.25, -0.2) is 18.0 Å². The molecule has 0 radical (unpaired) electrons. The number of ether oxygens (including phenoxy) is 2. The standard InChI is InChI=1S/C25H31N3O7S2/c1-4-35-25(31)27-14-12-19-20(15-27)36-23(21(19)24(30)34-3)26-22(29)17-8-10-18(11-9-17)37(32,33)28-13-6-5-7-16(28)2/h8-11,16H,4-7,12-15H2,1-3H3,(H,26,29). The van der Waals surface area contributed by atoms with Crippen LogP contribution in [0, 0.1) is 0 Å². The number of hydrogen-bond acceptors (Lipinski definition) is 8. The number of sulfonamides is 1. The van der Waals surface area contributed by atoms with Crippen LogP contribution < -0.4 is 5.32 Å². The Hall–Kier alpha value is -2.96. The molecule has 37 heavy (non-hydrogen) atoms. The molecule has 0 bridgehead atoms. The molecule has 1 atom stereocenters. The fourth-order valence-corrected chi connectivity index (χ4v) is 7.64. The molecule has 1 fully saturated rings. The van der Waals surface area contributed by atoms with Crippen molar-refractivity contribution in [2.45, 2.75) is 57.0 Å². The van der Waals surface area contributed by atoms with Crippen molar-refractivity contribution in [1.82, 2.24) is 9.21 Å². The second-order valence-corrected chi connectivity index (χ2v) is 12.0. The first-order valence-corrected chi connectivity index (χ1v) is 14.5. The van der Waals surface area contributed by atoms with Gasteiger partial charge in [0.25, 0.3) is 5.91 Å². The molecule has 200 valence electrons. The zero-order chi connectivity index (χ0) is 26.7. The lowest BCUT2D eigenvalue weighted by Gasteiger charge is -2.32. The maximum absolute atomic E-state index is 13.1. The summed E-state index contributed by atoms with van der Waals surface area (Å²) < 4.78 is 37.7. The van der Waals surface area contributed by atoms with E-state index in [0.717, 1.165) is 29.7 Å². The number of carbonyl (C=O) groups excluding carboxylic acids is 3. The average Bonchev–Trinajstić information content (AvgIpc) is 3.25. The molecule has 1 aromatic carbocycles. The van der Waals surface area contributed by atoms with E-state index in [9.17, 15) is 22.8 Å². The number of fused-ring (bicyclic) bond motifs is 1. The highest BCUT2D eigenvalue weighted by molar-refractivity contribution is 7.89. The van der Waals surface area contributed by atoms with E-state index in [-0.39, 0.29) is 35.2 Å². The highest BCUT2D eigenvalue weighted by Gasteiger charge is 2.33. The van der Waals surface area contributed by atoms with Crippen LogP contribution in [0.4, 0.5) is 9.80 Å². The topological polar surface area (TPSA) is 122 Å². The van der Waals surface area contributed by atoms with Crippen molar-refractivity contribution in [1.29, 1.82) is 0 Å². The van der Waals surface area contributed by atoms with Crippen molar-refractivity contribution in [2.75, 3.05) is 32.1 Å². The van der Waals surface area contributed by atoms with Crippen LogP contribution in [0.25, 0.3) is 0 Å². The SMILES string of the molecule is CCOC(=O)N1CCc2c(sc(NC(=O)c3ccc(S(=O)(=O)N4CCCCC4C)cc3)c2C(=O)OC)C1. The van der Waals surface area contributed by atoms with Crippen LogP contribution in [-0.4, -0.2) is 68.4 Å². The summed E-state index contributed by atoms with van der Waals surface area (Å²) in [5.41, 5.74) is 1.27. The Morgan fingerprint density at radius 1 is 1.14 bits per heavy atom. The molecule has 2 aromatic rings. The van der Waals surface area contributed by atoms with Gasteiger partial charge in [-0.1, -0.05) is 6.42 Å². The van der Waals surface area contributed by atoms with Gasteiger partial charge in [0.05, 0.1) is 30.7 Å². The molecule has 0 aliphatic carbocycles. The normalized spacial score (nSPS) is 18.1. The second kappa shape index (κ2) is 11.2. The van der Waals surface area contributed by atoms with E-state index in [4.69, 9.17) is 9.47 Å². The van der Waals surface area contributed by atoms with E-state index in [0.29, 0.717) is 24.5 Å². The highest BCUT2D eigenvalue weighted by atomic mass is 32.2. The molecule has 3 heterocycles. The molecule has 10 nitrogen and oxygen atoms in total. The number of methoxy groups -OCH3 is 1. The van der Waals surface area contributed by atoms with Crippen LogP contribution in [0.5, 0.6) is 0 Å². The number of nitrogens with one attached hydrogen (secondary N) is 1. The molecule has 12 heteroatoms. The zero-order valence-corrected chi connectivity index (χ0v) is 22.7. The molecular weight excluding hydrogens is 518 g/mol. The summed E-state index contributed by atoms with van der Waals surface area (Å²) in [6.45, 7) is 5.03. The van der Waals surface area contributed by atoms with Crippen LogP contribution in [0.15, 0.2) is 29.2 Å². The lowest BCUT2D eigenvalue weighted by Crippen LogP contribution is -2.41. The maximum Gasteiger partial charge on any atom is 0.410 e. The van der Waals surface area contributed by atoms with Crippen LogP contribution in [0.1, 0.15) is 64.3 Å². The van der Waals surface area contributed by atoms with Crippen LogP contribution >= 0.6 is 11.3 Å². The molecule has 0 saturated carbocycles. The maximum atomic E-state index is 13.1. The summed E-state index contributed by atoms with van der Waals surface area (Å²) in [6.07, 6.45) is 2.65. The number of rotatable bonds is 6. The quantitative estimate of drug-likeness (QED) is 0.543. The summed E-state index contributed by atoms with van der Waals surface area (Å²) in [7, 11) is -2.38. The number of benzene rings is 1. The summed E-state index contributed by atoms with van der Waals surface area (Å²) in [6, 6.07) is 5.73. The second-order valence-electron chi connectivity index (χ2n) is 9.01. The van der Waals surface area contributed by atoms with Crippen LogP contribution in [0.3, 0.4) is 0 Å². The Labute approximate surface area is 220 Å². The van der Waals surface area contributed by atoms with Crippen molar-refractivity contribution >= 4 is 44.3 Å². The van der Waals surface area contributed by atoms with E-state index in [1.807, 2.05) is 6.92 Å². The lowest BCUT2D eigenvalue weighted by molar-refractivity contribution is 0.0600. The number of amides is 2. The molecule has 0 spiro atoms. The van der Waals surface area contributed by atoms with Gasteiger partial charge in [0.15, 0.2) is 0 Å². The molecule has 1 N–H and O–H groups in total. The Balaban J connectivity index is 1.55. The van der Waals surface area contributed by atoms with E-state index in [1.165, 1.54) is 47.0 Å². The van der Waals surface area contributed by atoms with Gasteiger partial charge in [-0.05, 0) is 62.9 Å². The van der Waals surface area contributed by atoms with Gasteiger partial charge in [0, 0.05) is 29.6 Å². The molecule has 1 aromatic heterocycles. The summed E-state index contributed by atoms with van der Waals surface area (Å²) in [5.74, 6) is -1.06. The fourth-order valence-electron chi connectivity index (χ4n) is 4.70. The van der Waals surface area contributed by atoms with Crippen molar-refractivity contribution in [3.63, 3.8) is 0 Å². The summed E-state index contributed by atoms with van der Waals surface area (Å²) in [5, 5.41) is 3.11. The van der Waals surface area contributed by atoms with Gasteiger partial charge < -0.3 is 19.7 Å². The highest BCUT2D eigenvalue weighted by Crippen LogP contribution is 2.38. The number of piperidine rings is 1. The molecule has 1 saturated heterocycles. The minimum Gasteiger partial charge on any atom is -0.465 e. The Morgan fingerprint density at radius 3 is 2.51 bits per heavy atom. The third-order valence-corrected chi connectivity index (χ3v) is 9.82. The molecule has 2 amide bonds. The minimum absolute atomic E-state index is 0.0666. The molecule has 1 unspecified atom stereocenters. The average molecular weight is 550 g/mol. The van der Waals surface area contributed by atoms with Crippen molar-refractivity contribution < 1.29 is 32.3 Å². The van der Waals surface area contributed by atoms with Gasteiger partial charge in [0.1, 0.15) is 5.00 Å². The predicted molar refractivity (Wildman–Crippen MR) is 138 cm³/mol. The Kier molecular flexibility index (Phi) is 8.20. The number of carbonyl (C=O) groups is 3. The van der Waals surface area contributed by atoms with Gasteiger partial charge in [-0.3, -0.25) is 4.79 Å². The number of nitrogens with zero attached hydrogens (tertiary/aromatic N) is 2. The van der Waals surface area contributed by atoms with E-state index in [1.54, 1.807) is 11.8 Å². The fraction of sp³-hybridized carbons (Fsp3) is 0.480. The van der Waals surface area contributed by atoms with Crippen molar-refractivity contribution in [2.24, 2.45) is 0 Å². The molecular formula is C25H31N3O7S2. The first-order valence-electron chi connectivity index (χ1n) is 12.2. The predicted octanol–water partition coefficient (Wildman–Crippen LogP) is 3.86. The molecule has 2 aliphatic rings. The number of esters is 1. The number of anilines is 1. The van der Waals surface area contributed by atoms with Crippen LogP contribution in [0.2, 0.25) is 0 Å². The van der Waals surface area contributed by atoms with Crippen molar-refractivity contribution in [3.05, 3.63) is 45.8 Å². The Bertz CT molecular complexity index is 1290. The molecule has 4 rings (SSSR count). The van der Waals surface area contributed by atoms with Crippen LogP contribution in [-0.2, 0) is 32.5 Å². The summed E-state index contributed by atoms with van der Waals surface area (Å²) >= 11 is 1.21.